The van der Waals surface area contributed by atoms with Crippen molar-refractivity contribution in [3.63, 3.8) is 0 Å². The van der Waals surface area contributed by atoms with E-state index in [1.54, 1.807) is 14.1 Å². The van der Waals surface area contributed by atoms with Gasteiger partial charge in [-0.05, 0) is 131 Å². The van der Waals surface area contributed by atoms with E-state index < -0.39 is 18.3 Å². The molecule has 3 aliphatic rings. The van der Waals surface area contributed by atoms with Crippen molar-refractivity contribution in [1.82, 2.24) is 45.8 Å². The number of rotatable bonds is 20. The van der Waals surface area contributed by atoms with Crippen LogP contribution in [0, 0.1) is 53.4 Å². The second kappa shape index (κ2) is 24.7. The lowest BCUT2D eigenvalue weighted by Gasteiger charge is -2.32. The predicted octanol–water partition coefficient (Wildman–Crippen LogP) is 6.75. The summed E-state index contributed by atoms with van der Waals surface area (Å²) in [5.74, 6) is 6.28. The van der Waals surface area contributed by atoms with E-state index in [0.717, 1.165) is 127 Å². The molecule has 6 aromatic rings. The Kier molecular flexibility index (Phi) is 17.9. The van der Waals surface area contributed by atoms with Gasteiger partial charge in [0, 0.05) is 60.9 Å². The SMILES string of the molecule is CNCC(O)COc1cccc(-c2nc(NC3CCCC3O)c(C)c(-c3c(C)noc3C)n2)c1.CNCC(O)COc1cccc(-c2nc(NCC3CCN(C(=O)C4CC4)CC3)c(C)c(-c3c(C)noc3C)n2)c1. The predicted molar refractivity (Wildman–Crippen MR) is 283 cm³/mol. The molecule has 74 heavy (non-hydrogen) atoms. The molecule has 2 saturated carbocycles. The summed E-state index contributed by atoms with van der Waals surface area (Å²) in [6.07, 6.45) is 5.10. The van der Waals surface area contributed by atoms with Gasteiger partial charge in [0.25, 0.3) is 0 Å². The van der Waals surface area contributed by atoms with E-state index in [1.165, 1.54) is 0 Å². The standard InChI is InChI=1S/C30H40N6O4.C25H33N5O4/c1-18-27(26-19(2)35-40-20(26)3)33-29(23-6-5-7-25(14-23)39-17-24(37)16-31-4)34-28(18)32-15-21-10-12-36(13-11-21)30(38)22-8-9-22;1-14-23(22-15(2)30-34-16(22)3)28-25(29-24(14)27-20-9-6-10-21(20)32)17-7-5-8-19(11-17)33-13-18(31)12-26-4/h5-7,14,21-22,24,31,37H,8-13,15-17H2,1-4H3,(H,32,33,34);5,7-8,11,18,20-21,26,31-32H,6,9-10,12-13H2,1-4H3,(H,27,28,29). The molecule has 4 aromatic heterocycles. The first-order valence-corrected chi connectivity index (χ1v) is 25.9. The average Bonchev–Trinajstić information content (AvgIpc) is 3.98. The van der Waals surface area contributed by atoms with Gasteiger partial charge in [0.05, 0.1) is 46.0 Å². The summed E-state index contributed by atoms with van der Waals surface area (Å²) in [6.45, 7) is 15.3. The molecule has 2 aromatic carbocycles. The van der Waals surface area contributed by atoms with Gasteiger partial charge in [-0.3, -0.25) is 4.79 Å². The van der Waals surface area contributed by atoms with Crippen LogP contribution < -0.4 is 30.7 Å². The zero-order valence-corrected chi connectivity index (χ0v) is 44.0. The summed E-state index contributed by atoms with van der Waals surface area (Å²) in [7, 11) is 3.57. The molecule has 0 spiro atoms. The first kappa shape index (κ1) is 53.8. The zero-order chi connectivity index (χ0) is 52.5. The van der Waals surface area contributed by atoms with Crippen LogP contribution in [0.25, 0.3) is 45.3 Å². The molecule has 4 atom stereocenters. The number of amides is 1. The van der Waals surface area contributed by atoms with Crippen molar-refractivity contribution >= 4 is 17.5 Å². The second-order valence-corrected chi connectivity index (χ2v) is 19.9. The Morgan fingerprint density at radius 2 is 1.22 bits per heavy atom. The van der Waals surface area contributed by atoms with Gasteiger partial charge in [-0.2, -0.15) is 0 Å². The van der Waals surface area contributed by atoms with Crippen molar-refractivity contribution in [2.45, 2.75) is 111 Å². The van der Waals surface area contributed by atoms with Gasteiger partial charge in [0.15, 0.2) is 11.6 Å². The van der Waals surface area contributed by atoms with Crippen molar-refractivity contribution in [1.29, 1.82) is 0 Å². The van der Waals surface area contributed by atoms with Crippen LogP contribution >= 0.6 is 0 Å². The smallest absolute Gasteiger partial charge is 0.225 e. The number of piperidine rings is 1. The molecular weight excluding hydrogens is 943 g/mol. The van der Waals surface area contributed by atoms with Gasteiger partial charge in [-0.15, -0.1) is 0 Å². The highest BCUT2D eigenvalue weighted by atomic mass is 16.5. The van der Waals surface area contributed by atoms with Gasteiger partial charge >= 0.3 is 0 Å². The van der Waals surface area contributed by atoms with Gasteiger partial charge < -0.3 is 60.0 Å². The number of aliphatic hydroxyl groups excluding tert-OH is 3. The fourth-order valence-electron chi connectivity index (χ4n) is 9.63. The number of anilines is 2. The van der Waals surface area contributed by atoms with Crippen LogP contribution in [-0.4, -0.2) is 141 Å². The van der Waals surface area contributed by atoms with Crippen molar-refractivity contribution in [2.24, 2.45) is 11.8 Å². The van der Waals surface area contributed by atoms with Crippen molar-refractivity contribution in [3.8, 4) is 56.8 Å². The molecule has 7 N–H and O–H groups in total. The Labute approximate surface area is 433 Å². The first-order chi connectivity index (χ1) is 35.7. The third-order valence-corrected chi connectivity index (χ3v) is 14.0. The number of hydrogen-bond donors (Lipinski definition) is 7. The summed E-state index contributed by atoms with van der Waals surface area (Å²) in [6, 6.07) is 15.1. The number of carbonyl (C=O) groups excluding carboxylic acids is 1. The summed E-state index contributed by atoms with van der Waals surface area (Å²) in [5, 5.41) is 51.6. The number of likely N-dealkylation sites (tertiary alicyclic amines) is 1. The van der Waals surface area contributed by atoms with Gasteiger partial charge in [-0.25, -0.2) is 19.9 Å². The molecule has 3 fully saturated rings. The molecule has 5 heterocycles. The monoisotopic (exact) mass is 1020 g/mol. The minimum atomic E-state index is -0.607. The Morgan fingerprint density at radius 1 is 0.703 bits per heavy atom. The Hall–Kier alpha value is -6.51. The second-order valence-electron chi connectivity index (χ2n) is 19.9. The normalized spacial score (nSPS) is 17.6. The maximum atomic E-state index is 12.5. The van der Waals surface area contributed by atoms with E-state index in [4.69, 9.17) is 38.5 Å². The third-order valence-electron chi connectivity index (χ3n) is 14.0. The number of aryl methyl sites for hydroxylation is 4. The summed E-state index contributed by atoms with van der Waals surface area (Å²) in [4.78, 5) is 34.1. The topological polar surface area (TPSA) is 251 Å². The zero-order valence-electron chi connectivity index (χ0n) is 44.0. The van der Waals surface area contributed by atoms with E-state index in [-0.39, 0.29) is 25.2 Å². The number of aromatic nitrogens is 6. The summed E-state index contributed by atoms with van der Waals surface area (Å²) < 4.78 is 22.5. The number of nitrogens with zero attached hydrogens (tertiary/aromatic N) is 7. The molecule has 0 bridgehead atoms. The molecule has 396 valence electrons. The van der Waals surface area contributed by atoms with E-state index >= 15 is 0 Å². The number of benzene rings is 2. The summed E-state index contributed by atoms with van der Waals surface area (Å²) >= 11 is 0. The highest BCUT2D eigenvalue weighted by Gasteiger charge is 2.35. The Balaban J connectivity index is 0.000000200. The van der Waals surface area contributed by atoms with Crippen LogP contribution in [0.3, 0.4) is 0 Å². The minimum Gasteiger partial charge on any atom is -0.491 e. The number of likely N-dealkylation sites (N-methyl/N-ethyl adjacent to an activating group) is 2. The summed E-state index contributed by atoms with van der Waals surface area (Å²) in [5.41, 5.74) is 8.18. The third kappa shape index (κ3) is 13.2. The van der Waals surface area contributed by atoms with Crippen LogP contribution in [-0.2, 0) is 4.79 Å². The lowest BCUT2D eigenvalue weighted by atomic mass is 9.96. The lowest BCUT2D eigenvalue weighted by molar-refractivity contribution is -0.133. The van der Waals surface area contributed by atoms with E-state index in [1.807, 2.05) is 95.0 Å². The van der Waals surface area contributed by atoms with E-state index in [9.17, 15) is 20.1 Å². The molecule has 19 heteroatoms. The quantitative estimate of drug-likeness (QED) is 0.0418. The molecule has 1 aliphatic heterocycles. The maximum Gasteiger partial charge on any atom is 0.225 e. The number of nitrogens with one attached hydrogen (secondary N) is 4. The molecule has 1 amide bonds. The van der Waals surface area contributed by atoms with E-state index in [2.05, 4.69) is 31.6 Å². The van der Waals surface area contributed by atoms with Crippen LogP contribution in [0.4, 0.5) is 11.6 Å². The van der Waals surface area contributed by atoms with Crippen LogP contribution in [0.2, 0.25) is 0 Å². The molecular formula is C55H73N11O8. The highest BCUT2D eigenvalue weighted by Crippen LogP contribution is 2.37. The molecule has 19 nitrogen and oxygen atoms in total. The molecule has 0 radical (unpaired) electrons. The molecule has 1 saturated heterocycles. The fraction of sp³-hybridized carbons (Fsp3) is 0.509. The van der Waals surface area contributed by atoms with Crippen LogP contribution in [0.1, 0.15) is 79.0 Å². The number of aliphatic hydroxyl groups is 3. The molecule has 9 rings (SSSR count). The van der Waals surface area contributed by atoms with Crippen molar-refractivity contribution in [2.75, 3.05) is 70.7 Å². The molecule has 4 unspecified atom stereocenters. The van der Waals surface area contributed by atoms with Crippen LogP contribution in [0.15, 0.2) is 57.6 Å². The largest absolute Gasteiger partial charge is 0.491 e. The molecule has 2 aliphatic carbocycles. The number of hydrogen-bond acceptors (Lipinski definition) is 18. The average molecular weight is 1020 g/mol. The Morgan fingerprint density at radius 3 is 1.68 bits per heavy atom. The van der Waals surface area contributed by atoms with Gasteiger partial charge in [0.2, 0.25) is 5.91 Å². The highest BCUT2D eigenvalue weighted by molar-refractivity contribution is 5.81. The first-order valence-electron chi connectivity index (χ1n) is 25.9. The van der Waals surface area contributed by atoms with Gasteiger partial charge in [0.1, 0.15) is 60.1 Å². The lowest BCUT2D eigenvalue weighted by Crippen LogP contribution is -2.40. The Bertz CT molecular complexity index is 2800. The minimum absolute atomic E-state index is 0.0534. The van der Waals surface area contributed by atoms with Crippen LogP contribution in [0.5, 0.6) is 11.5 Å². The van der Waals surface area contributed by atoms with Crippen molar-refractivity contribution in [3.05, 3.63) is 82.6 Å². The van der Waals surface area contributed by atoms with E-state index in [0.29, 0.717) is 65.4 Å². The van der Waals surface area contributed by atoms with Crippen molar-refractivity contribution < 1.29 is 38.6 Å². The van der Waals surface area contributed by atoms with Gasteiger partial charge in [-0.1, -0.05) is 34.6 Å². The number of ether oxygens (including phenoxy) is 2. The maximum absolute atomic E-state index is 12.5. The number of carbonyl (C=O) groups is 1. The fourth-order valence-corrected chi connectivity index (χ4v) is 9.63.